The molecule has 0 saturated heterocycles. The quantitative estimate of drug-likeness (QED) is 0.134. The van der Waals surface area contributed by atoms with Gasteiger partial charge in [-0.1, -0.05) is 127 Å². The summed E-state index contributed by atoms with van der Waals surface area (Å²) in [5.74, 6) is 3.69. The van der Waals surface area contributed by atoms with Crippen molar-refractivity contribution in [3.63, 3.8) is 0 Å². The minimum atomic E-state index is -1.09. The number of carboxylic acids is 2. The minimum Gasteiger partial charge on any atom is -0.478 e. The fraction of sp³-hybridized carbons (Fsp3) is 0.576. The molecule has 0 saturated carbocycles. The molecule has 0 aliphatic rings. The lowest BCUT2D eigenvalue weighted by Crippen LogP contribution is -2.03. The largest absolute Gasteiger partial charge is 0.478 e. The molecule has 5 heteroatoms. The van der Waals surface area contributed by atoms with E-state index in [1.807, 2.05) is 0 Å². The number of rotatable bonds is 20. The van der Waals surface area contributed by atoms with Crippen LogP contribution in [0.4, 0.5) is 0 Å². The molecular weight excluding hydrogens is 476 g/mol. The molecule has 0 aliphatic carbocycles. The summed E-state index contributed by atoms with van der Waals surface area (Å²) in [4.78, 5) is 23.0. The summed E-state index contributed by atoms with van der Waals surface area (Å²) >= 11 is 0. The maximum Gasteiger partial charge on any atom is 0.337 e. The van der Waals surface area contributed by atoms with E-state index in [0.717, 1.165) is 12.8 Å². The Morgan fingerprint density at radius 3 is 1.79 bits per heavy atom. The molecule has 0 radical (unpaired) electrons. The monoisotopic (exact) mass is 522 g/mol. The van der Waals surface area contributed by atoms with Gasteiger partial charge in [0.1, 0.15) is 6.61 Å². The molecule has 0 bridgehead atoms. The van der Waals surface area contributed by atoms with E-state index in [4.69, 9.17) is 9.84 Å². The molecule has 208 valence electrons. The number of benzene rings is 2. The zero-order valence-corrected chi connectivity index (χ0v) is 23.2. The number of aromatic carboxylic acids is 2. The van der Waals surface area contributed by atoms with Gasteiger partial charge in [0.15, 0.2) is 0 Å². The van der Waals surface area contributed by atoms with Gasteiger partial charge in [-0.05, 0) is 35.4 Å². The van der Waals surface area contributed by atoms with Crippen molar-refractivity contribution in [3.05, 3.63) is 47.0 Å². The second-order valence-electron chi connectivity index (χ2n) is 10.2. The Morgan fingerprint density at radius 2 is 1.26 bits per heavy atom. The minimum absolute atomic E-state index is 0.0877. The van der Waals surface area contributed by atoms with Gasteiger partial charge in [0.2, 0.25) is 0 Å². The van der Waals surface area contributed by atoms with Crippen molar-refractivity contribution >= 4 is 22.7 Å². The number of ether oxygens (including phenoxy) is 1. The van der Waals surface area contributed by atoms with Gasteiger partial charge in [0.25, 0.3) is 0 Å². The molecule has 2 aromatic rings. The van der Waals surface area contributed by atoms with E-state index in [9.17, 15) is 14.7 Å². The Hall–Kier alpha value is -2.84. The van der Waals surface area contributed by atoms with Crippen LogP contribution < -0.4 is 0 Å². The molecule has 0 aliphatic heterocycles. The molecule has 0 spiro atoms. The van der Waals surface area contributed by atoms with Crippen LogP contribution in [0, 0.1) is 11.8 Å². The van der Waals surface area contributed by atoms with Crippen molar-refractivity contribution in [2.75, 3.05) is 13.2 Å². The number of unbranched alkanes of at least 4 members (excludes halogenated alkanes) is 15. The Bertz CT molecular complexity index is 1050. The standard InChI is InChI=1S/C33H46O5/c1-2-3-4-5-6-7-8-9-10-11-12-13-14-15-16-17-24-38-25-18-19-27-20-21-28-26-29(32(34)35)22-23-30(28)31(27)33(36)37/h20-23,26H,2-17,24-25H2,1H3,(H,34,35)(H,36,37). The Labute approximate surface area is 229 Å². The van der Waals surface area contributed by atoms with E-state index < -0.39 is 11.9 Å². The van der Waals surface area contributed by atoms with Crippen molar-refractivity contribution < 1.29 is 24.5 Å². The first-order valence-electron chi connectivity index (χ1n) is 14.6. The molecule has 5 nitrogen and oxygen atoms in total. The van der Waals surface area contributed by atoms with Crippen LogP contribution in [-0.4, -0.2) is 35.4 Å². The highest BCUT2D eigenvalue weighted by atomic mass is 16.5. The first-order chi connectivity index (χ1) is 18.5. The summed E-state index contributed by atoms with van der Waals surface area (Å²) in [7, 11) is 0. The van der Waals surface area contributed by atoms with Gasteiger partial charge in [0.05, 0.1) is 11.1 Å². The lowest BCUT2D eigenvalue weighted by Gasteiger charge is -2.06. The van der Waals surface area contributed by atoms with Crippen molar-refractivity contribution in [3.8, 4) is 11.8 Å². The summed E-state index contributed by atoms with van der Waals surface area (Å²) in [6.45, 7) is 3.19. The number of hydrogen-bond acceptors (Lipinski definition) is 3. The van der Waals surface area contributed by atoms with E-state index in [1.54, 1.807) is 12.1 Å². The maximum atomic E-state index is 11.8. The average molecular weight is 523 g/mol. The summed E-state index contributed by atoms with van der Waals surface area (Å²) in [6, 6.07) is 7.74. The third-order valence-electron chi connectivity index (χ3n) is 7.02. The predicted octanol–water partition coefficient (Wildman–Crippen LogP) is 8.87. The van der Waals surface area contributed by atoms with Gasteiger partial charge < -0.3 is 14.9 Å². The van der Waals surface area contributed by atoms with Crippen molar-refractivity contribution in [2.45, 2.75) is 110 Å². The second kappa shape index (κ2) is 19.3. The van der Waals surface area contributed by atoms with Gasteiger partial charge in [-0.2, -0.15) is 0 Å². The molecule has 0 unspecified atom stereocenters. The van der Waals surface area contributed by atoms with Crippen LogP contribution in [0.25, 0.3) is 10.8 Å². The highest BCUT2D eigenvalue weighted by Gasteiger charge is 2.14. The van der Waals surface area contributed by atoms with Crippen LogP contribution >= 0.6 is 0 Å². The third-order valence-corrected chi connectivity index (χ3v) is 7.02. The summed E-state index contributed by atoms with van der Waals surface area (Å²) in [6.07, 6.45) is 21.4. The van der Waals surface area contributed by atoms with Crippen LogP contribution in [0.1, 0.15) is 136 Å². The predicted molar refractivity (Wildman–Crippen MR) is 155 cm³/mol. The molecule has 2 rings (SSSR count). The third kappa shape index (κ3) is 12.1. The number of carbonyl (C=O) groups is 2. The van der Waals surface area contributed by atoms with Gasteiger partial charge in [-0.3, -0.25) is 0 Å². The first kappa shape index (κ1) is 31.4. The zero-order chi connectivity index (χ0) is 27.4. The van der Waals surface area contributed by atoms with Crippen LogP contribution in [0.3, 0.4) is 0 Å². The topological polar surface area (TPSA) is 83.8 Å². The fourth-order valence-corrected chi connectivity index (χ4v) is 4.80. The SMILES string of the molecule is CCCCCCCCCCCCCCCCCCOCC#Cc1ccc2cc(C(=O)O)ccc2c1C(=O)O. The maximum absolute atomic E-state index is 11.8. The summed E-state index contributed by atoms with van der Waals surface area (Å²) in [5, 5.41) is 19.9. The molecule has 0 aromatic heterocycles. The van der Waals surface area contributed by atoms with Gasteiger partial charge in [-0.25, -0.2) is 9.59 Å². The molecule has 2 aromatic carbocycles. The van der Waals surface area contributed by atoms with E-state index in [2.05, 4.69) is 18.8 Å². The molecular formula is C33H46O5. The van der Waals surface area contributed by atoms with Crippen LogP contribution in [0.5, 0.6) is 0 Å². The lowest BCUT2D eigenvalue weighted by atomic mass is 9.97. The highest BCUT2D eigenvalue weighted by Crippen LogP contribution is 2.24. The first-order valence-corrected chi connectivity index (χ1v) is 14.6. The second-order valence-corrected chi connectivity index (χ2v) is 10.2. The van der Waals surface area contributed by atoms with Crippen molar-refractivity contribution in [2.24, 2.45) is 0 Å². The molecule has 0 fully saturated rings. The Kier molecular flexibility index (Phi) is 15.9. The van der Waals surface area contributed by atoms with Gasteiger partial charge >= 0.3 is 11.9 Å². The fourth-order valence-electron chi connectivity index (χ4n) is 4.80. The van der Waals surface area contributed by atoms with E-state index in [-0.39, 0.29) is 17.7 Å². The molecule has 0 amide bonds. The molecule has 2 N–H and O–H groups in total. The van der Waals surface area contributed by atoms with Crippen LogP contribution in [-0.2, 0) is 4.74 Å². The number of hydrogen-bond donors (Lipinski definition) is 2. The van der Waals surface area contributed by atoms with Crippen molar-refractivity contribution in [1.29, 1.82) is 0 Å². The Morgan fingerprint density at radius 1 is 0.711 bits per heavy atom. The van der Waals surface area contributed by atoms with Gasteiger partial charge in [-0.15, -0.1) is 0 Å². The van der Waals surface area contributed by atoms with E-state index in [1.165, 1.54) is 108 Å². The highest BCUT2D eigenvalue weighted by molar-refractivity contribution is 6.07. The lowest BCUT2D eigenvalue weighted by molar-refractivity contribution is 0.0688. The van der Waals surface area contributed by atoms with Crippen LogP contribution in [0.2, 0.25) is 0 Å². The van der Waals surface area contributed by atoms with Crippen LogP contribution in [0.15, 0.2) is 30.3 Å². The van der Waals surface area contributed by atoms with Gasteiger partial charge in [0, 0.05) is 12.2 Å². The summed E-state index contributed by atoms with van der Waals surface area (Å²) in [5.41, 5.74) is 0.610. The normalized spacial score (nSPS) is 10.9. The average Bonchev–Trinajstić information content (AvgIpc) is 2.91. The molecule has 0 atom stereocenters. The molecule has 38 heavy (non-hydrogen) atoms. The number of carboxylic acid groups (broad SMARTS) is 2. The van der Waals surface area contributed by atoms with E-state index in [0.29, 0.717) is 22.9 Å². The van der Waals surface area contributed by atoms with E-state index >= 15 is 0 Å². The summed E-state index contributed by atoms with van der Waals surface area (Å²) < 4.78 is 5.62. The Balaban J connectivity index is 1.53. The van der Waals surface area contributed by atoms with Crippen molar-refractivity contribution in [1.82, 2.24) is 0 Å². The molecule has 0 heterocycles. The number of fused-ring (bicyclic) bond motifs is 1. The smallest absolute Gasteiger partial charge is 0.337 e. The zero-order valence-electron chi connectivity index (χ0n) is 23.2.